The summed E-state index contributed by atoms with van der Waals surface area (Å²) < 4.78 is 10.9. The molecular weight excluding hydrogens is 354 g/mol. The van der Waals surface area contributed by atoms with Crippen LogP contribution in [-0.4, -0.2) is 46.5 Å². The first-order valence-electron chi connectivity index (χ1n) is 9.27. The van der Waals surface area contributed by atoms with Crippen molar-refractivity contribution in [1.82, 2.24) is 20.2 Å². The molecule has 0 atom stereocenters. The molecule has 28 heavy (non-hydrogen) atoms. The zero-order chi connectivity index (χ0) is 18.9. The fraction of sp³-hybridized carbons (Fsp3) is 0.238. The van der Waals surface area contributed by atoms with E-state index in [0.717, 1.165) is 59.8 Å². The van der Waals surface area contributed by atoms with Gasteiger partial charge in [-0.15, -0.1) is 10.2 Å². The van der Waals surface area contributed by atoms with Crippen molar-refractivity contribution in [2.45, 2.75) is 6.92 Å². The van der Waals surface area contributed by atoms with Gasteiger partial charge in [0.1, 0.15) is 5.82 Å². The molecule has 1 fully saturated rings. The number of hydrogen-bond donors (Lipinski definition) is 0. The molecule has 2 aromatic carbocycles. The van der Waals surface area contributed by atoms with Gasteiger partial charge >= 0.3 is 0 Å². The van der Waals surface area contributed by atoms with E-state index in [4.69, 9.17) is 14.1 Å². The highest BCUT2D eigenvalue weighted by Crippen LogP contribution is 2.27. The van der Waals surface area contributed by atoms with Crippen LogP contribution in [0.3, 0.4) is 0 Å². The second-order valence-corrected chi connectivity index (χ2v) is 6.73. The zero-order valence-corrected chi connectivity index (χ0v) is 15.5. The lowest BCUT2D eigenvalue weighted by Crippen LogP contribution is -2.36. The van der Waals surface area contributed by atoms with Gasteiger partial charge in [0.05, 0.1) is 30.4 Å². The molecule has 2 aromatic heterocycles. The zero-order valence-electron chi connectivity index (χ0n) is 15.5. The molecule has 1 saturated heterocycles. The maximum Gasteiger partial charge on any atom is 0.247 e. The summed E-state index contributed by atoms with van der Waals surface area (Å²) in [6.45, 7) is 4.93. The summed E-state index contributed by atoms with van der Waals surface area (Å²) in [5.74, 6) is 1.99. The number of fused-ring (bicyclic) bond motifs is 1. The van der Waals surface area contributed by atoms with Gasteiger partial charge in [-0.2, -0.15) is 0 Å². The molecule has 1 aliphatic rings. The van der Waals surface area contributed by atoms with Gasteiger partial charge in [-0.3, -0.25) is 4.98 Å². The molecule has 0 unspecified atom stereocenters. The fourth-order valence-electron chi connectivity index (χ4n) is 3.34. The Labute approximate surface area is 162 Å². The molecule has 1 aliphatic heterocycles. The normalized spacial score (nSPS) is 14.5. The van der Waals surface area contributed by atoms with Crippen molar-refractivity contribution in [2.75, 3.05) is 31.2 Å². The molecular formula is C21H19N5O2. The van der Waals surface area contributed by atoms with E-state index in [0.29, 0.717) is 11.8 Å². The van der Waals surface area contributed by atoms with Crippen molar-refractivity contribution in [3.63, 3.8) is 0 Å². The van der Waals surface area contributed by atoms with E-state index in [1.54, 1.807) is 6.92 Å². The Bertz CT molecular complexity index is 1120. The number of nitrogens with zero attached hydrogens (tertiary/aromatic N) is 5. The van der Waals surface area contributed by atoms with Gasteiger partial charge in [0.15, 0.2) is 0 Å². The molecule has 7 heteroatoms. The van der Waals surface area contributed by atoms with Gasteiger partial charge in [0, 0.05) is 25.6 Å². The minimum atomic E-state index is 0.531. The van der Waals surface area contributed by atoms with Gasteiger partial charge < -0.3 is 14.1 Å². The van der Waals surface area contributed by atoms with Crippen molar-refractivity contribution in [3.8, 4) is 22.6 Å². The van der Waals surface area contributed by atoms with Crippen LogP contribution in [0.1, 0.15) is 5.89 Å². The monoisotopic (exact) mass is 373 g/mol. The number of ether oxygens (including phenoxy) is 1. The number of aryl methyl sites for hydroxylation is 1. The lowest BCUT2D eigenvalue weighted by Gasteiger charge is -2.27. The first-order valence-corrected chi connectivity index (χ1v) is 9.27. The first kappa shape index (κ1) is 16.8. The molecule has 0 N–H and O–H groups in total. The van der Waals surface area contributed by atoms with Gasteiger partial charge in [0.25, 0.3) is 0 Å². The van der Waals surface area contributed by atoms with E-state index >= 15 is 0 Å². The van der Waals surface area contributed by atoms with Crippen LogP contribution in [0, 0.1) is 6.92 Å². The van der Waals surface area contributed by atoms with Crippen molar-refractivity contribution >= 4 is 16.9 Å². The highest BCUT2D eigenvalue weighted by molar-refractivity contribution is 5.82. The topological polar surface area (TPSA) is 77.2 Å². The minimum Gasteiger partial charge on any atom is -0.421 e. The molecule has 0 radical (unpaired) electrons. The highest BCUT2D eigenvalue weighted by Gasteiger charge is 2.14. The molecule has 0 bridgehead atoms. The van der Waals surface area contributed by atoms with E-state index in [2.05, 4.69) is 44.3 Å². The van der Waals surface area contributed by atoms with E-state index < -0.39 is 0 Å². The third kappa shape index (κ3) is 3.20. The second-order valence-electron chi connectivity index (χ2n) is 6.73. The molecule has 0 aliphatic carbocycles. The first-order chi connectivity index (χ1) is 13.8. The number of rotatable bonds is 3. The molecule has 140 valence electrons. The molecule has 0 saturated carbocycles. The van der Waals surface area contributed by atoms with Crippen molar-refractivity contribution in [1.29, 1.82) is 0 Å². The summed E-state index contributed by atoms with van der Waals surface area (Å²) in [5, 5.41) is 7.95. The Morgan fingerprint density at radius 1 is 0.857 bits per heavy atom. The van der Waals surface area contributed by atoms with Gasteiger partial charge in [0.2, 0.25) is 11.8 Å². The third-order valence-electron chi connectivity index (χ3n) is 4.86. The number of morpholine rings is 1. The summed E-state index contributed by atoms with van der Waals surface area (Å²) in [5.41, 5.74) is 4.87. The summed E-state index contributed by atoms with van der Waals surface area (Å²) in [4.78, 5) is 11.6. The Kier molecular flexibility index (Phi) is 4.21. The van der Waals surface area contributed by atoms with Crippen LogP contribution < -0.4 is 4.90 Å². The van der Waals surface area contributed by atoms with Crippen LogP contribution in [0.2, 0.25) is 0 Å². The summed E-state index contributed by atoms with van der Waals surface area (Å²) in [6.07, 6.45) is 1.84. The van der Waals surface area contributed by atoms with Crippen LogP contribution in [0.25, 0.3) is 33.6 Å². The molecule has 5 rings (SSSR count). The minimum absolute atomic E-state index is 0.531. The Hall–Kier alpha value is -3.32. The van der Waals surface area contributed by atoms with Gasteiger partial charge in [-0.1, -0.05) is 18.2 Å². The number of hydrogen-bond acceptors (Lipinski definition) is 7. The van der Waals surface area contributed by atoms with Crippen LogP contribution in [0.15, 0.2) is 53.1 Å². The Balaban J connectivity index is 1.46. The molecule has 0 amide bonds. The third-order valence-corrected chi connectivity index (χ3v) is 4.86. The Morgan fingerprint density at radius 3 is 2.36 bits per heavy atom. The fourth-order valence-corrected chi connectivity index (χ4v) is 3.34. The summed E-state index contributed by atoms with van der Waals surface area (Å²) in [6, 6.07) is 14.2. The molecule has 0 spiro atoms. The number of aromatic nitrogens is 4. The van der Waals surface area contributed by atoms with Crippen molar-refractivity contribution in [3.05, 3.63) is 54.6 Å². The van der Waals surface area contributed by atoms with E-state index in [1.165, 1.54) is 0 Å². The quantitative estimate of drug-likeness (QED) is 0.544. The largest absolute Gasteiger partial charge is 0.421 e. The van der Waals surface area contributed by atoms with Gasteiger partial charge in [-0.25, -0.2) is 4.98 Å². The predicted molar refractivity (Wildman–Crippen MR) is 106 cm³/mol. The SMILES string of the molecule is Cc1nnc(-c2ccc(-c3ccc4ncc(N5CCOCC5)nc4c3)cc2)o1. The predicted octanol–water partition coefficient (Wildman–Crippen LogP) is 3.49. The van der Waals surface area contributed by atoms with Gasteiger partial charge in [-0.05, 0) is 35.4 Å². The molecule has 7 nitrogen and oxygen atoms in total. The highest BCUT2D eigenvalue weighted by atomic mass is 16.5. The average molecular weight is 373 g/mol. The lowest BCUT2D eigenvalue weighted by molar-refractivity contribution is 0.122. The van der Waals surface area contributed by atoms with Crippen LogP contribution in [-0.2, 0) is 4.74 Å². The standard InChI is InChI=1S/C21H19N5O2/c1-14-24-25-21(28-14)16-4-2-15(3-5-16)17-6-7-18-19(12-17)23-20(13-22-18)26-8-10-27-11-9-26/h2-7,12-13H,8-11H2,1H3. The number of benzene rings is 2. The van der Waals surface area contributed by atoms with Crippen LogP contribution in [0.4, 0.5) is 5.82 Å². The lowest BCUT2D eigenvalue weighted by atomic mass is 10.0. The van der Waals surface area contributed by atoms with E-state index in [-0.39, 0.29) is 0 Å². The maximum atomic E-state index is 5.49. The van der Waals surface area contributed by atoms with Crippen molar-refractivity contribution < 1.29 is 9.15 Å². The maximum absolute atomic E-state index is 5.49. The van der Waals surface area contributed by atoms with E-state index in [1.807, 2.05) is 24.4 Å². The summed E-state index contributed by atoms with van der Waals surface area (Å²) >= 11 is 0. The Morgan fingerprint density at radius 2 is 1.61 bits per heavy atom. The van der Waals surface area contributed by atoms with Crippen LogP contribution in [0.5, 0.6) is 0 Å². The molecule has 4 aromatic rings. The summed E-state index contributed by atoms with van der Waals surface area (Å²) in [7, 11) is 0. The second kappa shape index (κ2) is 7.01. The smallest absolute Gasteiger partial charge is 0.247 e. The van der Waals surface area contributed by atoms with E-state index in [9.17, 15) is 0 Å². The van der Waals surface area contributed by atoms with Crippen LogP contribution >= 0.6 is 0 Å². The average Bonchev–Trinajstić information content (AvgIpc) is 3.20. The molecule has 3 heterocycles. The number of anilines is 1. The van der Waals surface area contributed by atoms with Crippen molar-refractivity contribution in [2.24, 2.45) is 0 Å².